The minimum atomic E-state index is -0.212. The van der Waals surface area contributed by atoms with Crippen molar-refractivity contribution in [2.24, 2.45) is 5.10 Å². The molecule has 0 spiro atoms. The molecule has 27 heavy (non-hydrogen) atoms. The van der Waals surface area contributed by atoms with Crippen molar-refractivity contribution in [2.45, 2.75) is 26.7 Å². The van der Waals surface area contributed by atoms with Gasteiger partial charge in [0.1, 0.15) is 0 Å². The normalized spacial score (nSPS) is 11.3. The van der Waals surface area contributed by atoms with Crippen LogP contribution in [0.4, 0.5) is 0 Å². The van der Waals surface area contributed by atoms with Crippen molar-refractivity contribution >= 4 is 11.6 Å². The molecular weight excluding hydrogens is 332 g/mol. The summed E-state index contributed by atoms with van der Waals surface area (Å²) in [4.78, 5) is 12.3. The Morgan fingerprint density at radius 1 is 0.815 bits per heavy atom. The molecule has 3 heteroatoms. The molecule has 0 atom stereocenters. The van der Waals surface area contributed by atoms with Gasteiger partial charge in [-0.15, -0.1) is 0 Å². The summed E-state index contributed by atoms with van der Waals surface area (Å²) in [5.74, 6) is -0.212. The second-order valence-corrected chi connectivity index (χ2v) is 6.53. The smallest absolute Gasteiger partial charge is 0.267 e. The quantitative estimate of drug-likeness (QED) is 0.462. The number of nitrogens with one attached hydrogen (secondary N) is 1. The summed E-state index contributed by atoms with van der Waals surface area (Å²) in [6.07, 6.45) is 2.21. The third-order valence-electron chi connectivity index (χ3n) is 4.49. The summed E-state index contributed by atoms with van der Waals surface area (Å²) >= 11 is 0. The van der Waals surface area contributed by atoms with Crippen molar-refractivity contribution in [2.75, 3.05) is 0 Å². The lowest BCUT2D eigenvalue weighted by Crippen LogP contribution is -2.19. The highest BCUT2D eigenvalue weighted by Gasteiger charge is 2.06. The molecule has 0 radical (unpaired) electrons. The summed E-state index contributed by atoms with van der Waals surface area (Å²) in [5, 5.41) is 4.24. The first-order valence-corrected chi connectivity index (χ1v) is 9.27. The Morgan fingerprint density at radius 3 is 2.04 bits per heavy atom. The lowest BCUT2D eigenvalue weighted by molar-refractivity contribution is 0.0955. The lowest BCUT2D eigenvalue weighted by Gasteiger charge is -2.06. The maximum Gasteiger partial charge on any atom is 0.271 e. The van der Waals surface area contributed by atoms with Crippen molar-refractivity contribution in [1.29, 1.82) is 0 Å². The molecule has 1 N–H and O–H groups in total. The summed E-state index contributed by atoms with van der Waals surface area (Å²) < 4.78 is 0. The second-order valence-electron chi connectivity index (χ2n) is 6.53. The molecule has 0 saturated heterocycles. The van der Waals surface area contributed by atoms with E-state index in [9.17, 15) is 4.79 Å². The average molecular weight is 356 g/mol. The van der Waals surface area contributed by atoms with Crippen molar-refractivity contribution in [1.82, 2.24) is 5.43 Å². The van der Waals surface area contributed by atoms with Gasteiger partial charge in [0.2, 0.25) is 0 Å². The molecule has 3 rings (SSSR count). The van der Waals surface area contributed by atoms with E-state index in [0.717, 1.165) is 35.2 Å². The minimum Gasteiger partial charge on any atom is -0.267 e. The molecule has 0 aliphatic carbocycles. The van der Waals surface area contributed by atoms with Gasteiger partial charge in [-0.3, -0.25) is 4.79 Å². The molecule has 0 fully saturated rings. The molecule has 3 nitrogen and oxygen atoms in total. The van der Waals surface area contributed by atoms with E-state index >= 15 is 0 Å². The van der Waals surface area contributed by atoms with E-state index in [4.69, 9.17) is 0 Å². The fourth-order valence-corrected chi connectivity index (χ4v) is 2.91. The van der Waals surface area contributed by atoms with E-state index in [-0.39, 0.29) is 5.91 Å². The molecule has 3 aromatic carbocycles. The van der Waals surface area contributed by atoms with E-state index in [1.807, 2.05) is 61.5 Å². The number of aryl methyl sites for hydroxylation is 1. The van der Waals surface area contributed by atoms with Crippen LogP contribution >= 0.6 is 0 Å². The molecule has 0 aliphatic heterocycles. The molecule has 136 valence electrons. The van der Waals surface area contributed by atoms with Crippen LogP contribution in [0.2, 0.25) is 0 Å². The minimum absolute atomic E-state index is 0.212. The predicted molar refractivity (Wildman–Crippen MR) is 112 cm³/mol. The Balaban J connectivity index is 1.65. The number of nitrogens with zero attached hydrogens (tertiary/aromatic N) is 1. The zero-order valence-electron chi connectivity index (χ0n) is 15.8. The number of benzene rings is 3. The van der Waals surface area contributed by atoms with E-state index in [0.29, 0.717) is 5.56 Å². The monoisotopic (exact) mass is 356 g/mol. The Morgan fingerprint density at radius 2 is 1.41 bits per heavy atom. The lowest BCUT2D eigenvalue weighted by atomic mass is 10.0. The predicted octanol–water partition coefficient (Wildman–Crippen LogP) is 5.46. The largest absolute Gasteiger partial charge is 0.271 e. The van der Waals surface area contributed by atoms with Crippen molar-refractivity contribution in [3.8, 4) is 11.1 Å². The van der Waals surface area contributed by atoms with Crippen LogP contribution in [0.5, 0.6) is 0 Å². The Kier molecular flexibility index (Phi) is 6.16. The second kappa shape index (κ2) is 8.95. The van der Waals surface area contributed by atoms with Gasteiger partial charge in [0.25, 0.3) is 5.91 Å². The highest BCUT2D eigenvalue weighted by Crippen LogP contribution is 2.19. The number of carbonyl (C=O) groups excluding carboxylic acids is 1. The molecule has 0 heterocycles. The van der Waals surface area contributed by atoms with Gasteiger partial charge in [-0.25, -0.2) is 5.43 Å². The number of rotatable bonds is 6. The first kappa shape index (κ1) is 18.6. The zero-order valence-corrected chi connectivity index (χ0v) is 15.8. The summed E-state index contributed by atoms with van der Waals surface area (Å²) in [6, 6.07) is 26.0. The van der Waals surface area contributed by atoms with Gasteiger partial charge in [0.05, 0.1) is 5.71 Å². The molecule has 0 saturated carbocycles. The number of hydrogen-bond donors (Lipinski definition) is 1. The van der Waals surface area contributed by atoms with E-state index in [1.54, 1.807) is 0 Å². The van der Waals surface area contributed by atoms with Crippen molar-refractivity contribution in [3.63, 3.8) is 0 Å². The van der Waals surface area contributed by atoms with Crippen LogP contribution in [-0.4, -0.2) is 11.6 Å². The third-order valence-corrected chi connectivity index (χ3v) is 4.49. The van der Waals surface area contributed by atoms with Gasteiger partial charge in [-0.1, -0.05) is 80.1 Å². The van der Waals surface area contributed by atoms with Gasteiger partial charge in [-0.05, 0) is 47.7 Å². The van der Waals surface area contributed by atoms with Crippen LogP contribution in [0.3, 0.4) is 0 Å². The fourth-order valence-electron chi connectivity index (χ4n) is 2.91. The molecule has 0 aliphatic rings. The van der Waals surface area contributed by atoms with Gasteiger partial charge in [-0.2, -0.15) is 5.10 Å². The van der Waals surface area contributed by atoms with Crippen LogP contribution in [0.15, 0.2) is 84.0 Å². The molecule has 0 aromatic heterocycles. The van der Waals surface area contributed by atoms with Gasteiger partial charge in [0, 0.05) is 5.56 Å². The third kappa shape index (κ3) is 4.91. The van der Waals surface area contributed by atoms with Gasteiger partial charge in [0.15, 0.2) is 0 Å². The van der Waals surface area contributed by atoms with Crippen LogP contribution in [0.25, 0.3) is 11.1 Å². The number of hydrogen-bond acceptors (Lipinski definition) is 2. The van der Waals surface area contributed by atoms with Crippen LogP contribution < -0.4 is 5.43 Å². The average Bonchev–Trinajstić information content (AvgIpc) is 2.73. The number of hydrazone groups is 1. The summed E-state index contributed by atoms with van der Waals surface area (Å²) in [6.45, 7) is 4.07. The Hall–Kier alpha value is -3.20. The van der Waals surface area contributed by atoms with Crippen molar-refractivity contribution in [3.05, 3.63) is 95.6 Å². The van der Waals surface area contributed by atoms with Crippen LogP contribution in [0, 0.1) is 0 Å². The fraction of sp³-hybridized carbons (Fsp3) is 0.167. The van der Waals surface area contributed by atoms with E-state index in [2.05, 4.69) is 41.7 Å². The van der Waals surface area contributed by atoms with Gasteiger partial charge < -0.3 is 0 Å². The Labute approximate surface area is 160 Å². The maximum atomic E-state index is 12.3. The molecule has 0 unspecified atom stereocenters. The molecular formula is C24H24N2O. The topological polar surface area (TPSA) is 41.5 Å². The van der Waals surface area contributed by atoms with Crippen LogP contribution in [0.1, 0.15) is 41.8 Å². The van der Waals surface area contributed by atoms with E-state index in [1.165, 1.54) is 5.56 Å². The van der Waals surface area contributed by atoms with E-state index < -0.39 is 0 Å². The maximum absolute atomic E-state index is 12.3. The van der Waals surface area contributed by atoms with Gasteiger partial charge >= 0.3 is 0 Å². The standard InChI is InChI=1S/C24H24N2O/c1-3-7-19-10-12-20(13-11-19)18(2)25-26-24(27)23-16-14-22(15-17-23)21-8-5-4-6-9-21/h4-6,8-17H,3,7H2,1-2H3,(H,26,27). The van der Waals surface area contributed by atoms with Crippen LogP contribution in [-0.2, 0) is 6.42 Å². The molecule has 0 bridgehead atoms. The highest BCUT2D eigenvalue weighted by molar-refractivity contribution is 6.01. The SMILES string of the molecule is CCCc1ccc(C(C)=NNC(=O)c2ccc(-c3ccccc3)cc2)cc1. The molecule has 3 aromatic rings. The van der Waals surface area contributed by atoms with Crippen molar-refractivity contribution < 1.29 is 4.79 Å². The summed E-state index contributed by atoms with van der Waals surface area (Å²) in [7, 11) is 0. The molecule has 1 amide bonds. The zero-order chi connectivity index (χ0) is 19.1. The first-order valence-electron chi connectivity index (χ1n) is 9.27. The summed E-state index contributed by atoms with van der Waals surface area (Å²) in [5.41, 5.74) is 8.55. The highest BCUT2D eigenvalue weighted by atomic mass is 16.2. The number of carbonyl (C=O) groups is 1. The first-order chi connectivity index (χ1) is 13.2. The number of amides is 1. The Bertz CT molecular complexity index is 911.